The summed E-state index contributed by atoms with van der Waals surface area (Å²) in [4.78, 5) is 32.5. The van der Waals surface area contributed by atoms with Crippen molar-refractivity contribution in [1.82, 2.24) is 24.7 Å². The largest absolute Gasteiger partial charge is 0.465 e. The minimum atomic E-state index is -1.15. The normalized spacial score (nSPS) is 24.6. The lowest BCUT2D eigenvalue weighted by Crippen LogP contribution is -2.58. The maximum Gasteiger partial charge on any atom is 0.408 e. The van der Waals surface area contributed by atoms with Crippen LogP contribution >= 0.6 is 0 Å². The molecule has 0 spiro atoms. The smallest absolute Gasteiger partial charge is 0.408 e. The Bertz CT molecular complexity index is 1180. The molecule has 3 atom stereocenters. The number of halogens is 2. The van der Waals surface area contributed by atoms with E-state index in [-0.39, 0.29) is 24.1 Å². The van der Waals surface area contributed by atoms with Crippen LogP contribution in [0.15, 0.2) is 18.2 Å². The van der Waals surface area contributed by atoms with Crippen molar-refractivity contribution >= 4 is 12.0 Å². The van der Waals surface area contributed by atoms with Crippen molar-refractivity contribution in [3.63, 3.8) is 0 Å². The van der Waals surface area contributed by atoms with Gasteiger partial charge < -0.3 is 19.7 Å². The van der Waals surface area contributed by atoms with Gasteiger partial charge in [-0.2, -0.15) is 0 Å². The summed E-state index contributed by atoms with van der Waals surface area (Å²) in [6.07, 6.45) is -1.72. The standard InChI is InChI=1S/C24H29F2N5O4/c1-24(2,3)31(23(33)34)18-9-14(12-35-20(18)15-8-13(25)4-5-16(15)26)29-10-17-19(11-29)30-7-6-27-22(32)21(30)28-17/h4-5,8,14,18,20H,6-7,9-12H2,1-3H3,(H,27,32)(H,33,34)/t14-,18+,20-/m1/s1. The summed E-state index contributed by atoms with van der Waals surface area (Å²) in [5.74, 6) is -1.00. The number of carboxylic acid groups (broad SMARTS) is 1. The maximum absolute atomic E-state index is 14.7. The van der Waals surface area contributed by atoms with Crippen LogP contribution in [-0.4, -0.2) is 67.2 Å². The first-order valence-corrected chi connectivity index (χ1v) is 11.7. The van der Waals surface area contributed by atoms with E-state index in [1.54, 1.807) is 20.8 Å². The summed E-state index contributed by atoms with van der Waals surface area (Å²) in [5, 5.41) is 12.9. The van der Waals surface area contributed by atoms with Crippen LogP contribution in [0.4, 0.5) is 13.6 Å². The molecule has 0 radical (unpaired) electrons. The third kappa shape index (κ3) is 4.16. The number of hydrogen-bond acceptors (Lipinski definition) is 5. The van der Waals surface area contributed by atoms with Gasteiger partial charge in [0.05, 0.1) is 24.0 Å². The Kier molecular flexibility index (Phi) is 5.79. The van der Waals surface area contributed by atoms with Crippen LogP contribution < -0.4 is 5.32 Å². The molecule has 11 heteroatoms. The fourth-order valence-electron chi connectivity index (χ4n) is 5.56. The SMILES string of the molecule is CC(C)(C)N(C(=O)O)[C@H]1C[C@@H](N2Cc3nc4n(c3C2)CCNC4=O)CO[C@@H]1c1cc(F)ccc1F. The molecule has 2 amide bonds. The Balaban J connectivity index is 1.44. The molecule has 5 rings (SSSR count). The number of ether oxygens (including phenoxy) is 1. The number of nitrogens with zero attached hydrogens (tertiary/aromatic N) is 4. The van der Waals surface area contributed by atoms with Crippen LogP contribution in [0.5, 0.6) is 0 Å². The molecule has 1 aromatic heterocycles. The first kappa shape index (κ1) is 23.7. The molecule has 0 saturated carbocycles. The van der Waals surface area contributed by atoms with Crippen LogP contribution in [0.25, 0.3) is 0 Å². The van der Waals surface area contributed by atoms with E-state index in [4.69, 9.17) is 4.74 Å². The zero-order valence-electron chi connectivity index (χ0n) is 19.9. The highest BCUT2D eigenvalue weighted by atomic mass is 19.1. The van der Waals surface area contributed by atoms with Gasteiger partial charge in [0.15, 0.2) is 5.82 Å². The Labute approximate surface area is 201 Å². The van der Waals surface area contributed by atoms with Gasteiger partial charge in [0.1, 0.15) is 17.7 Å². The van der Waals surface area contributed by atoms with Crippen molar-refractivity contribution in [2.75, 3.05) is 13.2 Å². The summed E-state index contributed by atoms with van der Waals surface area (Å²) in [6, 6.07) is 2.25. The maximum atomic E-state index is 14.7. The average Bonchev–Trinajstić information content (AvgIpc) is 3.34. The van der Waals surface area contributed by atoms with Gasteiger partial charge in [-0.25, -0.2) is 18.6 Å². The van der Waals surface area contributed by atoms with Crippen molar-refractivity contribution in [2.24, 2.45) is 0 Å². The topological polar surface area (TPSA) is 99.9 Å². The number of imidazole rings is 1. The number of carbonyl (C=O) groups excluding carboxylic acids is 1. The van der Waals surface area contributed by atoms with Crippen molar-refractivity contribution in [3.05, 3.63) is 52.6 Å². The van der Waals surface area contributed by atoms with Crippen LogP contribution in [0.1, 0.15) is 60.9 Å². The molecule has 2 aromatic rings. The summed E-state index contributed by atoms with van der Waals surface area (Å²) in [5.41, 5.74) is 1.03. The second-order valence-corrected chi connectivity index (χ2v) is 10.3. The van der Waals surface area contributed by atoms with Gasteiger partial charge in [-0.1, -0.05) is 0 Å². The lowest BCUT2D eigenvalue weighted by molar-refractivity contribution is -0.103. The molecule has 1 aromatic carbocycles. The summed E-state index contributed by atoms with van der Waals surface area (Å²) in [6.45, 7) is 7.80. The zero-order valence-corrected chi connectivity index (χ0v) is 19.9. The minimum Gasteiger partial charge on any atom is -0.465 e. The number of benzene rings is 1. The number of aromatic nitrogens is 2. The first-order chi connectivity index (χ1) is 16.5. The van der Waals surface area contributed by atoms with Gasteiger partial charge in [0, 0.05) is 43.3 Å². The predicted molar refractivity (Wildman–Crippen MR) is 121 cm³/mol. The number of nitrogens with one attached hydrogen (secondary N) is 1. The molecule has 0 unspecified atom stereocenters. The molecule has 4 heterocycles. The monoisotopic (exact) mass is 489 g/mol. The number of carbonyl (C=O) groups is 2. The Morgan fingerprint density at radius 3 is 2.77 bits per heavy atom. The van der Waals surface area contributed by atoms with Crippen molar-refractivity contribution in [3.8, 4) is 0 Å². The Morgan fingerprint density at radius 2 is 2.06 bits per heavy atom. The molecule has 1 fully saturated rings. The molecule has 0 bridgehead atoms. The van der Waals surface area contributed by atoms with E-state index in [0.717, 1.165) is 29.6 Å². The van der Waals surface area contributed by atoms with E-state index in [2.05, 4.69) is 15.2 Å². The number of fused-ring (bicyclic) bond motifs is 3. The molecule has 9 nitrogen and oxygen atoms in total. The van der Waals surface area contributed by atoms with E-state index in [1.807, 2.05) is 4.57 Å². The van der Waals surface area contributed by atoms with Crippen LogP contribution in [0.3, 0.4) is 0 Å². The number of amides is 2. The molecule has 2 N–H and O–H groups in total. The minimum absolute atomic E-state index is 0.0135. The Morgan fingerprint density at radius 1 is 1.29 bits per heavy atom. The van der Waals surface area contributed by atoms with Gasteiger partial charge in [-0.3, -0.25) is 14.6 Å². The fraction of sp³-hybridized carbons (Fsp3) is 0.542. The first-order valence-electron chi connectivity index (χ1n) is 11.7. The highest BCUT2D eigenvalue weighted by Crippen LogP contribution is 2.39. The van der Waals surface area contributed by atoms with Crippen LogP contribution in [0.2, 0.25) is 0 Å². The van der Waals surface area contributed by atoms with E-state index in [1.165, 1.54) is 4.90 Å². The summed E-state index contributed by atoms with van der Waals surface area (Å²) < 4.78 is 36.8. The molecule has 188 valence electrons. The molecule has 35 heavy (non-hydrogen) atoms. The van der Waals surface area contributed by atoms with Gasteiger partial charge in [-0.15, -0.1) is 0 Å². The Hall–Kier alpha value is -3.05. The van der Waals surface area contributed by atoms with Crippen molar-refractivity contribution < 1.29 is 28.2 Å². The molecular formula is C24H29F2N5O4. The molecule has 0 aliphatic carbocycles. The fourth-order valence-corrected chi connectivity index (χ4v) is 5.56. The van der Waals surface area contributed by atoms with Crippen molar-refractivity contribution in [2.45, 2.75) is 70.6 Å². The average molecular weight is 490 g/mol. The van der Waals surface area contributed by atoms with Crippen LogP contribution in [-0.2, 0) is 24.4 Å². The second kappa shape index (κ2) is 8.56. The van der Waals surface area contributed by atoms with Gasteiger partial charge >= 0.3 is 6.09 Å². The van der Waals surface area contributed by atoms with E-state index in [9.17, 15) is 23.5 Å². The molecule has 3 aliphatic heterocycles. The molecule has 1 saturated heterocycles. The third-order valence-corrected chi connectivity index (χ3v) is 7.06. The van der Waals surface area contributed by atoms with E-state index < -0.39 is 35.4 Å². The highest BCUT2D eigenvalue weighted by Gasteiger charge is 2.46. The van der Waals surface area contributed by atoms with Crippen LogP contribution in [0, 0.1) is 11.6 Å². The summed E-state index contributed by atoms with van der Waals surface area (Å²) in [7, 11) is 0. The van der Waals surface area contributed by atoms with E-state index >= 15 is 0 Å². The van der Waals surface area contributed by atoms with Gasteiger partial charge in [-0.05, 0) is 45.4 Å². The second-order valence-electron chi connectivity index (χ2n) is 10.3. The molecular weight excluding hydrogens is 460 g/mol. The van der Waals surface area contributed by atoms with Gasteiger partial charge in [0.25, 0.3) is 5.91 Å². The predicted octanol–water partition coefficient (Wildman–Crippen LogP) is 2.90. The van der Waals surface area contributed by atoms with Crippen molar-refractivity contribution in [1.29, 1.82) is 0 Å². The third-order valence-electron chi connectivity index (χ3n) is 7.06. The summed E-state index contributed by atoms with van der Waals surface area (Å²) >= 11 is 0. The molecule has 3 aliphatic rings. The number of rotatable bonds is 3. The lowest BCUT2D eigenvalue weighted by Gasteiger charge is -2.48. The van der Waals surface area contributed by atoms with E-state index in [0.29, 0.717) is 38.4 Å². The van der Waals surface area contributed by atoms with Gasteiger partial charge in [0.2, 0.25) is 0 Å². The highest BCUT2D eigenvalue weighted by molar-refractivity contribution is 5.91. The number of hydrogen-bond donors (Lipinski definition) is 2. The quantitative estimate of drug-likeness (QED) is 0.688. The zero-order chi connectivity index (χ0) is 25.1. The lowest BCUT2D eigenvalue weighted by atomic mass is 9.88.